The van der Waals surface area contributed by atoms with Gasteiger partial charge in [-0.2, -0.15) is 0 Å². The number of hydrogen-bond acceptors (Lipinski definition) is 4. The molecule has 0 bridgehead atoms. The van der Waals surface area contributed by atoms with E-state index in [1.54, 1.807) is 4.57 Å². The van der Waals surface area contributed by atoms with Crippen molar-refractivity contribution in [1.29, 1.82) is 0 Å². The maximum absolute atomic E-state index is 12.2. The lowest BCUT2D eigenvalue weighted by Crippen LogP contribution is -2.41. The van der Waals surface area contributed by atoms with Crippen LogP contribution in [0.4, 0.5) is 0 Å². The number of aromatic amines is 1. The second-order valence-corrected chi connectivity index (χ2v) is 7.13. The number of aliphatic hydroxyl groups excluding tert-OH is 1. The van der Waals surface area contributed by atoms with Gasteiger partial charge in [0.2, 0.25) is 0 Å². The first-order valence-corrected chi connectivity index (χ1v) is 9.18. The Morgan fingerprint density at radius 2 is 2.15 bits per heavy atom. The first-order chi connectivity index (χ1) is 12.6. The largest absolute Gasteiger partial charge is 0.387 e. The van der Waals surface area contributed by atoms with Crippen molar-refractivity contribution in [3.8, 4) is 0 Å². The molecule has 0 saturated carbocycles. The molecule has 1 aliphatic heterocycles. The zero-order valence-electron chi connectivity index (χ0n) is 14.9. The lowest BCUT2D eigenvalue weighted by Gasteiger charge is -2.26. The summed E-state index contributed by atoms with van der Waals surface area (Å²) < 4.78 is 1.75. The zero-order chi connectivity index (χ0) is 18.1. The number of imidazole rings is 1. The Balaban J connectivity index is 1.49. The van der Waals surface area contributed by atoms with E-state index >= 15 is 0 Å². The van der Waals surface area contributed by atoms with Gasteiger partial charge < -0.3 is 15.4 Å². The number of nitrogens with one attached hydrogen (secondary N) is 2. The van der Waals surface area contributed by atoms with E-state index in [1.165, 1.54) is 5.56 Å². The van der Waals surface area contributed by atoms with Crippen LogP contribution < -0.4 is 11.0 Å². The highest BCUT2D eigenvalue weighted by Gasteiger charge is 2.28. The topological polar surface area (TPSA) is 82.9 Å². The molecular formula is C20H24N4O2. The van der Waals surface area contributed by atoms with Gasteiger partial charge in [0.15, 0.2) is 0 Å². The van der Waals surface area contributed by atoms with E-state index in [2.05, 4.69) is 22.2 Å². The maximum Gasteiger partial charge on any atom is 0.326 e. The normalized spacial score (nSPS) is 20.8. The SMILES string of the molecule is CC(CCc1ccncc1)NC1CCn2c(=O)[nH]c3cccc(c32)C1O. The van der Waals surface area contributed by atoms with E-state index in [0.717, 1.165) is 29.4 Å². The summed E-state index contributed by atoms with van der Waals surface area (Å²) in [6, 6.07) is 9.94. The van der Waals surface area contributed by atoms with E-state index < -0.39 is 6.10 Å². The number of aryl methyl sites for hydroxylation is 2. The molecule has 0 fully saturated rings. The van der Waals surface area contributed by atoms with Crippen LogP contribution in [0, 0.1) is 0 Å². The van der Waals surface area contributed by atoms with Crippen molar-refractivity contribution in [1.82, 2.24) is 19.9 Å². The molecule has 0 aliphatic carbocycles. The molecule has 0 amide bonds. The van der Waals surface area contributed by atoms with E-state index in [1.807, 2.05) is 42.7 Å². The Kier molecular flexibility index (Phi) is 4.61. The molecule has 2 aromatic heterocycles. The summed E-state index contributed by atoms with van der Waals surface area (Å²) in [5.74, 6) is 0. The fraction of sp³-hybridized carbons (Fsp3) is 0.400. The molecule has 0 radical (unpaired) electrons. The number of benzene rings is 1. The minimum Gasteiger partial charge on any atom is -0.387 e. The van der Waals surface area contributed by atoms with Crippen molar-refractivity contribution in [2.24, 2.45) is 0 Å². The van der Waals surface area contributed by atoms with Crippen LogP contribution in [-0.4, -0.2) is 31.7 Å². The highest BCUT2D eigenvalue weighted by molar-refractivity contribution is 5.79. The van der Waals surface area contributed by atoms with Gasteiger partial charge in [-0.1, -0.05) is 12.1 Å². The van der Waals surface area contributed by atoms with Crippen LogP contribution >= 0.6 is 0 Å². The molecule has 6 heteroatoms. The molecule has 6 nitrogen and oxygen atoms in total. The summed E-state index contributed by atoms with van der Waals surface area (Å²) in [5, 5.41) is 14.5. The molecule has 3 aromatic rings. The fourth-order valence-corrected chi connectivity index (χ4v) is 3.90. The first-order valence-electron chi connectivity index (χ1n) is 9.18. The third-order valence-electron chi connectivity index (χ3n) is 5.30. The van der Waals surface area contributed by atoms with Crippen LogP contribution in [0.1, 0.15) is 37.0 Å². The predicted octanol–water partition coefficient (Wildman–Crippen LogP) is 2.14. The highest BCUT2D eigenvalue weighted by atomic mass is 16.3. The van der Waals surface area contributed by atoms with Gasteiger partial charge in [0, 0.05) is 36.6 Å². The summed E-state index contributed by atoms with van der Waals surface area (Å²) >= 11 is 0. The van der Waals surface area contributed by atoms with Gasteiger partial charge in [0.05, 0.1) is 17.1 Å². The molecule has 1 aromatic carbocycles. The van der Waals surface area contributed by atoms with Crippen LogP contribution in [-0.2, 0) is 13.0 Å². The Morgan fingerprint density at radius 3 is 2.96 bits per heavy atom. The summed E-state index contributed by atoms with van der Waals surface area (Å²) in [6.45, 7) is 2.74. The number of rotatable bonds is 5. The number of hydrogen-bond donors (Lipinski definition) is 3. The standard InChI is InChI=1S/C20H24N4O2/c1-13(5-6-14-7-10-21-11-8-14)22-17-9-12-24-18-15(19(17)25)3-2-4-16(18)23-20(24)26/h2-4,7-8,10-11,13,17,19,22,25H,5-6,9,12H2,1H3,(H,23,26). The van der Waals surface area contributed by atoms with Gasteiger partial charge in [-0.3, -0.25) is 9.55 Å². The van der Waals surface area contributed by atoms with Gasteiger partial charge in [0.1, 0.15) is 0 Å². The van der Waals surface area contributed by atoms with Gasteiger partial charge in [-0.05, 0) is 49.9 Å². The van der Waals surface area contributed by atoms with Gasteiger partial charge in [0.25, 0.3) is 0 Å². The van der Waals surface area contributed by atoms with Gasteiger partial charge in [-0.15, -0.1) is 0 Å². The van der Waals surface area contributed by atoms with E-state index in [-0.39, 0.29) is 17.8 Å². The van der Waals surface area contributed by atoms with Crippen LogP contribution in [0.2, 0.25) is 0 Å². The second-order valence-electron chi connectivity index (χ2n) is 7.13. The number of aliphatic hydroxyl groups is 1. The molecule has 3 atom stereocenters. The van der Waals surface area contributed by atoms with Crippen molar-refractivity contribution in [2.75, 3.05) is 0 Å². The van der Waals surface area contributed by atoms with E-state index in [4.69, 9.17) is 0 Å². The molecule has 26 heavy (non-hydrogen) atoms. The summed E-state index contributed by atoms with van der Waals surface area (Å²) in [6.07, 6.45) is 5.65. The number of nitrogens with zero attached hydrogens (tertiary/aromatic N) is 2. The molecule has 0 spiro atoms. The molecule has 3 N–H and O–H groups in total. The smallest absolute Gasteiger partial charge is 0.326 e. The Hall–Kier alpha value is -2.44. The number of aromatic nitrogens is 3. The van der Waals surface area contributed by atoms with Crippen molar-refractivity contribution in [3.63, 3.8) is 0 Å². The Morgan fingerprint density at radius 1 is 1.35 bits per heavy atom. The summed E-state index contributed by atoms with van der Waals surface area (Å²) in [7, 11) is 0. The quantitative estimate of drug-likeness (QED) is 0.657. The van der Waals surface area contributed by atoms with Crippen molar-refractivity contribution in [3.05, 3.63) is 64.3 Å². The van der Waals surface area contributed by atoms with Crippen LogP contribution in [0.3, 0.4) is 0 Å². The molecule has 4 rings (SSSR count). The van der Waals surface area contributed by atoms with Crippen LogP contribution in [0.5, 0.6) is 0 Å². The van der Waals surface area contributed by atoms with Crippen molar-refractivity contribution >= 4 is 11.0 Å². The second kappa shape index (κ2) is 7.05. The minimum atomic E-state index is -0.633. The van der Waals surface area contributed by atoms with E-state index in [9.17, 15) is 9.90 Å². The minimum absolute atomic E-state index is 0.0765. The monoisotopic (exact) mass is 352 g/mol. The fourth-order valence-electron chi connectivity index (χ4n) is 3.90. The molecule has 136 valence electrons. The van der Waals surface area contributed by atoms with Crippen molar-refractivity contribution in [2.45, 2.75) is 50.9 Å². The molecule has 3 heterocycles. The summed E-state index contributed by atoms with van der Waals surface area (Å²) in [5.41, 5.74) is 3.60. The van der Waals surface area contributed by atoms with Crippen LogP contribution in [0.25, 0.3) is 11.0 Å². The number of pyridine rings is 1. The maximum atomic E-state index is 12.2. The molecule has 0 saturated heterocycles. The zero-order valence-corrected chi connectivity index (χ0v) is 14.9. The average molecular weight is 352 g/mol. The van der Waals surface area contributed by atoms with Gasteiger partial charge in [-0.25, -0.2) is 4.79 Å². The first kappa shape index (κ1) is 17.0. The Labute approximate surface area is 151 Å². The van der Waals surface area contributed by atoms with E-state index in [0.29, 0.717) is 13.0 Å². The third kappa shape index (κ3) is 3.18. The predicted molar refractivity (Wildman–Crippen MR) is 101 cm³/mol. The number of H-pyrrole nitrogens is 1. The van der Waals surface area contributed by atoms with Gasteiger partial charge >= 0.3 is 5.69 Å². The molecular weight excluding hydrogens is 328 g/mol. The van der Waals surface area contributed by atoms with Crippen molar-refractivity contribution < 1.29 is 5.11 Å². The lowest BCUT2D eigenvalue weighted by molar-refractivity contribution is 0.119. The molecule has 1 aliphatic rings. The third-order valence-corrected chi connectivity index (χ3v) is 5.30. The average Bonchev–Trinajstić information content (AvgIpc) is 2.91. The Bertz CT molecular complexity index is 947. The highest BCUT2D eigenvalue weighted by Crippen LogP contribution is 2.30. The lowest BCUT2D eigenvalue weighted by atomic mass is 9.98. The molecule has 3 unspecified atom stereocenters. The summed E-state index contributed by atoms with van der Waals surface area (Å²) in [4.78, 5) is 19.1. The number of para-hydroxylation sites is 1. The van der Waals surface area contributed by atoms with Crippen LogP contribution in [0.15, 0.2) is 47.5 Å².